The molecule has 0 unspecified atom stereocenters. The van der Waals surface area contributed by atoms with E-state index in [9.17, 15) is 13.2 Å². The first-order chi connectivity index (χ1) is 14.4. The van der Waals surface area contributed by atoms with Gasteiger partial charge in [-0.3, -0.25) is 4.79 Å². The molecule has 1 amide bonds. The minimum atomic E-state index is -3.76. The number of piperidine rings is 1. The smallest absolute Gasteiger partial charge is 0.246 e. The predicted octanol–water partition coefficient (Wildman–Crippen LogP) is 2.98. The third-order valence-corrected chi connectivity index (χ3v) is 7.39. The molecule has 0 bridgehead atoms. The molecule has 1 saturated heterocycles. The van der Waals surface area contributed by atoms with Crippen LogP contribution in [0.2, 0.25) is 0 Å². The Morgan fingerprint density at radius 3 is 2.33 bits per heavy atom. The molecule has 7 nitrogen and oxygen atoms in total. The topological polar surface area (TPSA) is 84.9 Å². The first kappa shape index (κ1) is 22.1. The van der Waals surface area contributed by atoms with Gasteiger partial charge in [-0.05, 0) is 37.5 Å². The molecule has 1 atom stereocenters. The van der Waals surface area contributed by atoms with E-state index in [0.29, 0.717) is 18.6 Å². The molecule has 162 valence electrons. The van der Waals surface area contributed by atoms with Crippen LogP contribution < -0.4 is 14.8 Å². The summed E-state index contributed by atoms with van der Waals surface area (Å²) in [4.78, 5) is 12.8. The lowest BCUT2D eigenvalue weighted by Gasteiger charge is -2.31. The number of nitrogens with zero attached hydrogens (tertiary/aromatic N) is 1. The fourth-order valence-corrected chi connectivity index (χ4v) is 5.28. The molecule has 0 aromatic heterocycles. The molecular weight excluding hydrogens is 404 g/mol. The van der Waals surface area contributed by atoms with Gasteiger partial charge in [-0.15, -0.1) is 0 Å². The van der Waals surface area contributed by atoms with Crippen molar-refractivity contribution in [2.45, 2.75) is 30.7 Å². The van der Waals surface area contributed by atoms with Gasteiger partial charge in [-0.2, -0.15) is 4.31 Å². The SMILES string of the molecule is COc1ccc(OC)c(S(=O)(=O)N2CCC(C(=O)N[C@@H](C)c3ccccc3)CC2)c1. The van der Waals surface area contributed by atoms with Gasteiger partial charge in [0.25, 0.3) is 0 Å². The van der Waals surface area contributed by atoms with Gasteiger partial charge >= 0.3 is 0 Å². The summed E-state index contributed by atoms with van der Waals surface area (Å²) in [7, 11) is -0.835. The van der Waals surface area contributed by atoms with Crippen LogP contribution >= 0.6 is 0 Å². The standard InChI is InChI=1S/C22H28N2O5S/c1-16(17-7-5-4-6-8-17)23-22(25)18-11-13-24(14-12-18)30(26,27)21-15-19(28-2)9-10-20(21)29-3/h4-10,15-16,18H,11-14H2,1-3H3,(H,23,25)/t16-/m0/s1. The van der Waals surface area contributed by atoms with Crippen molar-refractivity contribution in [3.05, 3.63) is 54.1 Å². The van der Waals surface area contributed by atoms with Crippen LogP contribution in [-0.4, -0.2) is 45.9 Å². The zero-order chi connectivity index (χ0) is 21.7. The summed E-state index contributed by atoms with van der Waals surface area (Å²) in [6.07, 6.45) is 0.942. The molecule has 1 aliphatic rings. The van der Waals surface area contributed by atoms with E-state index in [0.717, 1.165) is 5.56 Å². The second-order valence-electron chi connectivity index (χ2n) is 7.34. The van der Waals surface area contributed by atoms with Crippen molar-refractivity contribution in [1.29, 1.82) is 0 Å². The van der Waals surface area contributed by atoms with Crippen LogP contribution in [0.5, 0.6) is 11.5 Å². The maximum absolute atomic E-state index is 13.2. The molecule has 2 aromatic carbocycles. The van der Waals surface area contributed by atoms with Crippen molar-refractivity contribution < 1.29 is 22.7 Å². The highest BCUT2D eigenvalue weighted by molar-refractivity contribution is 7.89. The van der Waals surface area contributed by atoms with E-state index in [1.54, 1.807) is 12.1 Å². The number of methoxy groups -OCH3 is 2. The van der Waals surface area contributed by atoms with E-state index in [2.05, 4.69) is 5.32 Å². The van der Waals surface area contributed by atoms with E-state index in [1.807, 2.05) is 37.3 Å². The van der Waals surface area contributed by atoms with Gasteiger partial charge in [0.15, 0.2) is 0 Å². The number of carbonyl (C=O) groups excluding carboxylic acids is 1. The molecule has 2 aromatic rings. The lowest BCUT2D eigenvalue weighted by Crippen LogP contribution is -2.43. The number of nitrogens with one attached hydrogen (secondary N) is 1. The second-order valence-corrected chi connectivity index (χ2v) is 9.24. The molecule has 1 aliphatic heterocycles. The summed E-state index contributed by atoms with van der Waals surface area (Å²) in [5.74, 6) is 0.461. The van der Waals surface area contributed by atoms with Crippen LogP contribution in [0.3, 0.4) is 0 Å². The van der Waals surface area contributed by atoms with Crippen LogP contribution in [-0.2, 0) is 14.8 Å². The molecule has 0 saturated carbocycles. The average Bonchev–Trinajstić information content (AvgIpc) is 2.79. The fourth-order valence-electron chi connectivity index (χ4n) is 3.64. The van der Waals surface area contributed by atoms with E-state index in [-0.39, 0.29) is 41.6 Å². The van der Waals surface area contributed by atoms with Crippen molar-refractivity contribution >= 4 is 15.9 Å². The fraction of sp³-hybridized carbons (Fsp3) is 0.409. The Bertz CT molecular complexity index is 970. The maximum atomic E-state index is 13.2. The third-order valence-electron chi connectivity index (χ3n) is 5.47. The van der Waals surface area contributed by atoms with Crippen LogP contribution in [0.15, 0.2) is 53.4 Å². The highest BCUT2D eigenvalue weighted by Crippen LogP contribution is 2.32. The zero-order valence-electron chi connectivity index (χ0n) is 17.5. The average molecular weight is 433 g/mol. The zero-order valence-corrected chi connectivity index (χ0v) is 18.3. The molecule has 8 heteroatoms. The predicted molar refractivity (Wildman–Crippen MR) is 114 cm³/mol. The number of hydrogen-bond acceptors (Lipinski definition) is 5. The molecule has 1 fully saturated rings. The van der Waals surface area contributed by atoms with Gasteiger partial charge in [0, 0.05) is 25.1 Å². The van der Waals surface area contributed by atoms with Crippen molar-refractivity contribution in [1.82, 2.24) is 9.62 Å². The van der Waals surface area contributed by atoms with Gasteiger partial charge in [-0.1, -0.05) is 30.3 Å². The summed E-state index contributed by atoms with van der Waals surface area (Å²) in [6, 6.07) is 14.4. The molecule has 0 aliphatic carbocycles. The van der Waals surface area contributed by atoms with E-state index >= 15 is 0 Å². The Kier molecular flexibility index (Phi) is 6.99. The Morgan fingerprint density at radius 2 is 1.73 bits per heavy atom. The van der Waals surface area contributed by atoms with Crippen LogP contribution in [0.4, 0.5) is 0 Å². The van der Waals surface area contributed by atoms with Crippen molar-refractivity contribution in [3.63, 3.8) is 0 Å². The van der Waals surface area contributed by atoms with Crippen molar-refractivity contribution in [3.8, 4) is 11.5 Å². The Morgan fingerprint density at radius 1 is 1.07 bits per heavy atom. The second kappa shape index (κ2) is 9.49. The molecule has 0 radical (unpaired) electrons. The van der Waals surface area contributed by atoms with E-state index in [1.165, 1.54) is 24.6 Å². The molecule has 30 heavy (non-hydrogen) atoms. The molecular formula is C22H28N2O5S. The van der Waals surface area contributed by atoms with Gasteiger partial charge in [0.2, 0.25) is 15.9 Å². The number of hydrogen-bond donors (Lipinski definition) is 1. The van der Waals surface area contributed by atoms with Gasteiger partial charge < -0.3 is 14.8 Å². The van der Waals surface area contributed by atoms with Gasteiger partial charge in [0.05, 0.1) is 20.3 Å². The molecule has 0 spiro atoms. The highest BCUT2D eigenvalue weighted by Gasteiger charge is 2.34. The Balaban J connectivity index is 1.65. The summed E-state index contributed by atoms with van der Waals surface area (Å²) in [5.41, 5.74) is 1.04. The quantitative estimate of drug-likeness (QED) is 0.727. The first-order valence-electron chi connectivity index (χ1n) is 9.94. The number of benzene rings is 2. The summed E-state index contributed by atoms with van der Waals surface area (Å²) in [6.45, 7) is 2.50. The van der Waals surface area contributed by atoms with Crippen LogP contribution in [0, 0.1) is 5.92 Å². The largest absolute Gasteiger partial charge is 0.497 e. The summed E-state index contributed by atoms with van der Waals surface area (Å²) in [5, 5.41) is 3.04. The van der Waals surface area contributed by atoms with Crippen LogP contribution in [0.1, 0.15) is 31.4 Å². The van der Waals surface area contributed by atoms with Crippen molar-refractivity contribution in [2.24, 2.45) is 5.92 Å². The monoisotopic (exact) mass is 432 g/mol. The highest BCUT2D eigenvalue weighted by atomic mass is 32.2. The minimum Gasteiger partial charge on any atom is -0.497 e. The third kappa shape index (κ3) is 4.76. The van der Waals surface area contributed by atoms with Crippen molar-refractivity contribution in [2.75, 3.05) is 27.3 Å². The van der Waals surface area contributed by atoms with Gasteiger partial charge in [-0.25, -0.2) is 8.42 Å². The number of sulfonamides is 1. The number of ether oxygens (including phenoxy) is 2. The molecule has 1 heterocycles. The van der Waals surface area contributed by atoms with Crippen LogP contribution in [0.25, 0.3) is 0 Å². The lowest BCUT2D eigenvalue weighted by atomic mass is 9.96. The maximum Gasteiger partial charge on any atom is 0.246 e. The molecule has 1 N–H and O–H groups in total. The normalized spacial score (nSPS) is 16.6. The van der Waals surface area contributed by atoms with E-state index < -0.39 is 10.0 Å². The Hall–Kier alpha value is -2.58. The number of amides is 1. The molecule has 3 rings (SSSR count). The van der Waals surface area contributed by atoms with Gasteiger partial charge in [0.1, 0.15) is 16.4 Å². The summed E-state index contributed by atoms with van der Waals surface area (Å²) >= 11 is 0. The summed E-state index contributed by atoms with van der Waals surface area (Å²) < 4.78 is 38.1. The number of carbonyl (C=O) groups is 1. The lowest BCUT2D eigenvalue weighted by molar-refractivity contribution is -0.126. The first-order valence-corrected chi connectivity index (χ1v) is 11.4. The number of rotatable bonds is 7. The minimum absolute atomic E-state index is 0.0395. The Labute approximate surface area is 178 Å². The van der Waals surface area contributed by atoms with E-state index in [4.69, 9.17) is 9.47 Å².